The maximum atomic E-state index is 13.8. The lowest BCUT2D eigenvalue weighted by molar-refractivity contribution is -0.132. The van der Waals surface area contributed by atoms with Crippen LogP contribution in [0.15, 0.2) is 71.0 Å². The summed E-state index contributed by atoms with van der Waals surface area (Å²) in [5, 5.41) is 10.6. The van der Waals surface area contributed by atoms with Crippen LogP contribution in [0, 0.1) is 5.82 Å². The van der Waals surface area contributed by atoms with Crippen molar-refractivity contribution in [3.8, 4) is 0 Å². The summed E-state index contributed by atoms with van der Waals surface area (Å²) in [5.41, 5.74) is 2.96. The van der Waals surface area contributed by atoms with Crippen LogP contribution in [0.2, 0.25) is 0 Å². The van der Waals surface area contributed by atoms with Gasteiger partial charge in [-0.3, -0.25) is 9.88 Å². The molecule has 3 rings (SSSR count). The van der Waals surface area contributed by atoms with Crippen LogP contribution in [0.25, 0.3) is 0 Å². The van der Waals surface area contributed by atoms with Crippen molar-refractivity contribution in [1.29, 1.82) is 0 Å². The van der Waals surface area contributed by atoms with Crippen molar-refractivity contribution in [2.45, 2.75) is 33.1 Å². The second kappa shape index (κ2) is 9.91. The minimum Gasteiger partial charge on any atom is -0.478 e. The zero-order chi connectivity index (χ0) is 21.7. The van der Waals surface area contributed by atoms with E-state index in [1.54, 1.807) is 18.5 Å². The SMILES string of the molecule is CCSC1=C(C(=O)O)C(C)=CC(N(C)Cc2ccncc2)N1Cc1cccc(F)c1. The number of aliphatic carboxylic acids is 1. The molecule has 1 atom stereocenters. The summed E-state index contributed by atoms with van der Waals surface area (Å²) in [5.74, 6) is -0.510. The van der Waals surface area contributed by atoms with Crippen LogP contribution in [-0.4, -0.2) is 44.8 Å². The third-order valence-corrected chi connectivity index (χ3v) is 5.96. The molecule has 0 amide bonds. The van der Waals surface area contributed by atoms with Gasteiger partial charge in [0.05, 0.1) is 10.6 Å². The number of carbonyl (C=O) groups is 1. The second-order valence-corrected chi connectivity index (χ2v) is 8.46. The summed E-state index contributed by atoms with van der Waals surface area (Å²) in [6, 6.07) is 10.4. The first kappa shape index (κ1) is 22.1. The van der Waals surface area contributed by atoms with Gasteiger partial charge in [-0.1, -0.05) is 19.1 Å². The first-order chi connectivity index (χ1) is 14.4. The minimum atomic E-state index is -0.945. The van der Waals surface area contributed by atoms with Crippen LogP contribution >= 0.6 is 11.8 Å². The molecule has 1 N–H and O–H groups in total. The quantitative estimate of drug-likeness (QED) is 0.670. The normalized spacial score (nSPS) is 16.8. The van der Waals surface area contributed by atoms with Crippen molar-refractivity contribution in [2.24, 2.45) is 0 Å². The fourth-order valence-electron chi connectivity index (χ4n) is 3.61. The van der Waals surface area contributed by atoms with E-state index in [4.69, 9.17) is 0 Å². The smallest absolute Gasteiger partial charge is 0.338 e. The Morgan fingerprint density at radius 2 is 2.00 bits per heavy atom. The number of carboxylic acid groups (broad SMARTS) is 1. The van der Waals surface area contributed by atoms with E-state index < -0.39 is 5.97 Å². The lowest BCUT2D eigenvalue weighted by Crippen LogP contribution is -2.46. The molecule has 0 saturated carbocycles. The summed E-state index contributed by atoms with van der Waals surface area (Å²) in [6.45, 7) is 4.92. The molecule has 0 bridgehead atoms. The van der Waals surface area contributed by atoms with Gasteiger partial charge in [0.1, 0.15) is 12.0 Å². The van der Waals surface area contributed by atoms with Crippen LogP contribution in [0.3, 0.4) is 0 Å². The Balaban J connectivity index is 2.01. The van der Waals surface area contributed by atoms with Crippen molar-refractivity contribution in [2.75, 3.05) is 12.8 Å². The average molecular weight is 428 g/mol. The van der Waals surface area contributed by atoms with Gasteiger partial charge >= 0.3 is 5.97 Å². The van der Waals surface area contributed by atoms with Crippen LogP contribution in [0.4, 0.5) is 4.39 Å². The predicted octanol–water partition coefficient (Wildman–Crippen LogP) is 4.49. The Morgan fingerprint density at radius 3 is 2.63 bits per heavy atom. The molecule has 0 saturated heterocycles. The maximum absolute atomic E-state index is 13.8. The highest BCUT2D eigenvalue weighted by Crippen LogP contribution is 2.36. The van der Waals surface area contributed by atoms with Crippen LogP contribution in [0.1, 0.15) is 25.0 Å². The van der Waals surface area contributed by atoms with Crippen molar-refractivity contribution in [3.05, 3.63) is 88.0 Å². The van der Waals surface area contributed by atoms with E-state index in [9.17, 15) is 14.3 Å². The summed E-state index contributed by atoms with van der Waals surface area (Å²) >= 11 is 1.50. The molecule has 1 unspecified atom stereocenters. The monoisotopic (exact) mass is 427 g/mol. The van der Waals surface area contributed by atoms with E-state index >= 15 is 0 Å². The molecule has 30 heavy (non-hydrogen) atoms. The first-order valence-corrected chi connectivity index (χ1v) is 10.8. The highest BCUT2D eigenvalue weighted by Gasteiger charge is 2.33. The minimum absolute atomic E-state index is 0.168. The number of aromatic nitrogens is 1. The van der Waals surface area contributed by atoms with Crippen LogP contribution in [0.5, 0.6) is 0 Å². The first-order valence-electron chi connectivity index (χ1n) is 9.80. The summed E-state index contributed by atoms with van der Waals surface area (Å²) in [6.07, 6.45) is 5.33. The van der Waals surface area contributed by atoms with E-state index in [0.29, 0.717) is 23.7 Å². The van der Waals surface area contributed by atoms with Crippen LogP contribution in [-0.2, 0) is 17.9 Å². The van der Waals surface area contributed by atoms with Gasteiger partial charge in [-0.25, -0.2) is 9.18 Å². The zero-order valence-corrected chi connectivity index (χ0v) is 18.2. The van der Waals surface area contributed by atoms with Crippen molar-refractivity contribution in [1.82, 2.24) is 14.8 Å². The third kappa shape index (κ3) is 5.09. The van der Waals surface area contributed by atoms with Gasteiger partial charge in [-0.05, 0) is 66.8 Å². The van der Waals surface area contributed by atoms with E-state index in [0.717, 1.165) is 22.5 Å². The molecular weight excluding hydrogens is 401 g/mol. The predicted molar refractivity (Wildman–Crippen MR) is 118 cm³/mol. The van der Waals surface area contributed by atoms with Gasteiger partial charge < -0.3 is 10.0 Å². The topological polar surface area (TPSA) is 56.7 Å². The van der Waals surface area contributed by atoms with Crippen LogP contribution < -0.4 is 0 Å². The highest BCUT2D eigenvalue weighted by molar-refractivity contribution is 8.03. The van der Waals surface area contributed by atoms with Crippen molar-refractivity contribution >= 4 is 17.7 Å². The molecule has 1 aromatic heterocycles. The number of halogens is 1. The maximum Gasteiger partial charge on any atom is 0.338 e. The van der Waals surface area contributed by atoms with E-state index in [1.165, 1.54) is 23.9 Å². The number of thioether (sulfide) groups is 1. The number of carboxylic acids is 1. The molecule has 158 valence electrons. The Kier molecular flexibility index (Phi) is 7.29. The number of hydrogen-bond donors (Lipinski definition) is 1. The molecule has 0 aliphatic carbocycles. The standard InChI is InChI=1S/C23H26FN3O2S/c1-4-30-22-21(23(28)29)16(2)12-20(26(3)14-17-8-10-25-11-9-17)27(22)15-18-6-5-7-19(24)13-18/h5-13,20H,4,14-15H2,1-3H3,(H,28,29). The number of hydrogen-bond acceptors (Lipinski definition) is 5. The van der Waals surface area contributed by atoms with Gasteiger partial charge in [-0.15, -0.1) is 11.8 Å². The number of likely N-dealkylation sites (N-methyl/N-ethyl adjacent to an activating group) is 1. The Bertz CT molecular complexity index is 962. The molecule has 1 aliphatic rings. The fraction of sp³-hybridized carbons (Fsp3) is 0.304. The summed E-state index contributed by atoms with van der Waals surface area (Å²) < 4.78 is 13.8. The van der Waals surface area contributed by atoms with E-state index in [1.807, 2.05) is 45.2 Å². The number of benzene rings is 1. The molecule has 7 heteroatoms. The molecule has 0 radical (unpaired) electrons. The van der Waals surface area contributed by atoms with Gasteiger partial charge in [0, 0.05) is 25.5 Å². The zero-order valence-electron chi connectivity index (χ0n) is 17.4. The Morgan fingerprint density at radius 1 is 1.27 bits per heavy atom. The molecule has 0 spiro atoms. The molecule has 1 aromatic carbocycles. The molecule has 5 nitrogen and oxygen atoms in total. The van der Waals surface area contributed by atoms with Crippen molar-refractivity contribution in [3.63, 3.8) is 0 Å². The van der Waals surface area contributed by atoms with E-state index in [2.05, 4.69) is 14.8 Å². The number of pyridine rings is 1. The molecule has 2 heterocycles. The molecule has 1 aliphatic heterocycles. The Labute approximate surface area is 180 Å². The van der Waals surface area contributed by atoms with Gasteiger partial charge in [-0.2, -0.15) is 0 Å². The third-order valence-electron chi connectivity index (χ3n) is 4.96. The highest BCUT2D eigenvalue weighted by atomic mass is 32.2. The fourth-order valence-corrected chi connectivity index (χ4v) is 4.62. The second-order valence-electron chi connectivity index (χ2n) is 7.21. The number of nitrogens with zero attached hydrogens (tertiary/aromatic N) is 3. The average Bonchev–Trinajstić information content (AvgIpc) is 2.70. The lowest BCUT2D eigenvalue weighted by Gasteiger charge is -2.42. The molecule has 0 fully saturated rings. The van der Waals surface area contributed by atoms with Gasteiger partial charge in [0.25, 0.3) is 0 Å². The lowest BCUT2D eigenvalue weighted by atomic mass is 10.0. The number of rotatable bonds is 8. The summed E-state index contributed by atoms with van der Waals surface area (Å²) in [4.78, 5) is 20.3. The van der Waals surface area contributed by atoms with Crippen molar-refractivity contribution < 1.29 is 14.3 Å². The Hall–Kier alpha value is -2.64. The van der Waals surface area contributed by atoms with Gasteiger partial charge in [0.15, 0.2) is 0 Å². The van der Waals surface area contributed by atoms with E-state index in [-0.39, 0.29) is 12.0 Å². The largest absolute Gasteiger partial charge is 0.478 e. The summed E-state index contributed by atoms with van der Waals surface area (Å²) in [7, 11) is 2.01. The molecule has 2 aromatic rings. The van der Waals surface area contributed by atoms with Gasteiger partial charge in [0.2, 0.25) is 0 Å². The molecular formula is C23H26FN3O2S.